The highest BCUT2D eigenvalue weighted by molar-refractivity contribution is 4.82. The fraction of sp³-hybridized carbons (Fsp3) is 1.00. The number of nitrogens with zero attached hydrogens (tertiary/aromatic N) is 1. The van der Waals surface area contributed by atoms with E-state index in [0.717, 1.165) is 12.0 Å². The molecule has 2 heteroatoms. The summed E-state index contributed by atoms with van der Waals surface area (Å²) in [6.07, 6.45) is 10.9. The van der Waals surface area contributed by atoms with Gasteiger partial charge in [-0.25, -0.2) is 0 Å². The molecule has 1 aliphatic carbocycles. The van der Waals surface area contributed by atoms with Crippen LogP contribution in [-0.2, 0) is 0 Å². The van der Waals surface area contributed by atoms with Gasteiger partial charge < -0.3 is 10.6 Å². The fourth-order valence-corrected chi connectivity index (χ4v) is 3.59. The summed E-state index contributed by atoms with van der Waals surface area (Å²) in [6, 6.07) is 1.36. The maximum absolute atomic E-state index is 6.08. The van der Waals surface area contributed by atoms with Gasteiger partial charge in [-0.15, -0.1) is 0 Å². The molecule has 3 atom stereocenters. The molecular weight excluding hydrogens is 196 g/mol. The zero-order valence-corrected chi connectivity index (χ0v) is 10.8. The second-order valence-electron chi connectivity index (χ2n) is 5.85. The van der Waals surface area contributed by atoms with Gasteiger partial charge in [-0.1, -0.05) is 19.8 Å². The van der Waals surface area contributed by atoms with E-state index in [-0.39, 0.29) is 0 Å². The molecule has 2 aliphatic rings. The van der Waals surface area contributed by atoms with Crippen molar-refractivity contribution < 1.29 is 0 Å². The Morgan fingerprint density at radius 3 is 2.75 bits per heavy atom. The molecule has 2 N–H and O–H groups in total. The minimum absolute atomic E-state index is 0.489. The second-order valence-corrected chi connectivity index (χ2v) is 5.85. The molecule has 0 spiro atoms. The van der Waals surface area contributed by atoms with Crippen molar-refractivity contribution in [3.8, 4) is 0 Å². The first-order chi connectivity index (χ1) is 7.79. The Hall–Kier alpha value is -0.0800. The normalized spacial score (nSPS) is 37.5. The molecule has 0 aromatic carbocycles. The Labute approximate surface area is 101 Å². The van der Waals surface area contributed by atoms with Crippen LogP contribution in [0.4, 0.5) is 0 Å². The number of hydrogen-bond acceptors (Lipinski definition) is 2. The average Bonchev–Trinajstić information content (AvgIpc) is 2.30. The van der Waals surface area contributed by atoms with Crippen molar-refractivity contribution in [2.24, 2.45) is 11.7 Å². The molecule has 0 aromatic heterocycles. The molecule has 2 fully saturated rings. The zero-order chi connectivity index (χ0) is 11.4. The van der Waals surface area contributed by atoms with Crippen LogP contribution in [0.3, 0.4) is 0 Å². The van der Waals surface area contributed by atoms with Crippen molar-refractivity contribution >= 4 is 0 Å². The first-order valence-corrected chi connectivity index (χ1v) is 7.29. The van der Waals surface area contributed by atoms with Crippen LogP contribution in [0.2, 0.25) is 0 Å². The van der Waals surface area contributed by atoms with Gasteiger partial charge in [0, 0.05) is 18.6 Å². The number of hydrogen-bond donors (Lipinski definition) is 1. The van der Waals surface area contributed by atoms with E-state index in [1.54, 1.807) is 0 Å². The van der Waals surface area contributed by atoms with Crippen LogP contribution in [0.15, 0.2) is 0 Å². The summed E-state index contributed by atoms with van der Waals surface area (Å²) in [5, 5.41) is 0. The summed E-state index contributed by atoms with van der Waals surface area (Å²) in [7, 11) is 0. The SMILES string of the molecule is CCC1CCCCN1CC1CCCC(N)C1. The topological polar surface area (TPSA) is 29.3 Å². The van der Waals surface area contributed by atoms with Gasteiger partial charge in [-0.2, -0.15) is 0 Å². The van der Waals surface area contributed by atoms with Crippen molar-refractivity contribution in [3.05, 3.63) is 0 Å². The summed E-state index contributed by atoms with van der Waals surface area (Å²) in [5.41, 5.74) is 6.08. The molecule has 1 heterocycles. The Balaban J connectivity index is 1.82. The lowest BCUT2D eigenvalue weighted by molar-refractivity contribution is 0.107. The summed E-state index contributed by atoms with van der Waals surface area (Å²) < 4.78 is 0. The van der Waals surface area contributed by atoms with Gasteiger partial charge in [0.1, 0.15) is 0 Å². The monoisotopic (exact) mass is 224 g/mol. The Morgan fingerprint density at radius 1 is 1.12 bits per heavy atom. The Morgan fingerprint density at radius 2 is 2.00 bits per heavy atom. The molecular formula is C14H28N2. The molecule has 2 rings (SSSR count). The van der Waals surface area contributed by atoms with E-state index in [9.17, 15) is 0 Å². The maximum Gasteiger partial charge on any atom is 0.00927 e. The number of likely N-dealkylation sites (tertiary alicyclic amines) is 1. The molecule has 0 bridgehead atoms. The lowest BCUT2D eigenvalue weighted by Crippen LogP contribution is -2.43. The first-order valence-electron chi connectivity index (χ1n) is 7.29. The molecule has 1 aliphatic heterocycles. The lowest BCUT2D eigenvalue weighted by Gasteiger charge is -2.39. The average molecular weight is 224 g/mol. The molecule has 0 radical (unpaired) electrons. The van der Waals surface area contributed by atoms with Gasteiger partial charge in [0.15, 0.2) is 0 Å². The third kappa shape index (κ3) is 3.21. The molecule has 1 saturated heterocycles. The van der Waals surface area contributed by atoms with Crippen LogP contribution in [0.25, 0.3) is 0 Å². The van der Waals surface area contributed by atoms with Crippen LogP contribution in [0, 0.1) is 5.92 Å². The molecule has 1 saturated carbocycles. The Kier molecular flexibility index (Phi) is 4.66. The third-order valence-electron chi connectivity index (χ3n) is 4.54. The summed E-state index contributed by atoms with van der Waals surface area (Å²) in [6.45, 7) is 5.01. The van der Waals surface area contributed by atoms with E-state index < -0.39 is 0 Å². The van der Waals surface area contributed by atoms with E-state index in [0.29, 0.717) is 6.04 Å². The van der Waals surface area contributed by atoms with Crippen molar-refractivity contribution in [1.82, 2.24) is 4.90 Å². The minimum atomic E-state index is 0.489. The van der Waals surface area contributed by atoms with Gasteiger partial charge >= 0.3 is 0 Å². The van der Waals surface area contributed by atoms with Crippen LogP contribution in [0.5, 0.6) is 0 Å². The number of rotatable bonds is 3. The molecule has 16 heavy (non-hydrogen) atoms. The summed E-state index contributed by atoms with van der Waals surface area (Å²) >= 11 is 0. The highest BCUT2D eigenvalue weighted by Crippen LogP contribution is 2.27. The van der Waals surface area contributed by atoms with Crippen molar-refractivity contribution in [2.75, 3.05) is 13.1 Å². The summed E-state index contributed by atoms with van der Waals surface area (Å²) in [4.78, 5) is 2.76. The van der Waals surface area contributed by atoms with Crippen LogP contribution >= 0.6 is 0 Å². The predicted molar refractivity (Wildman–Crippen MR) is 69.4 cm³/mol. The fourth-order valence-electron chi connectivity index (χ4n) is 3.59. The molecule has 2 nitrogen and oxygen atoms in total. The molecule has 0 aromatic rings. The summed E-state index contributed by atoms with van der Waals surface area (Å²) in [5.74, 6) is 0.885. The third-order valence-corrected chi connectivity index (χ3v) is 4.54. The van der Waals surface area contributed by atoms with Gasteiger partial charge in [0.2, 0.25) is 0 Å². The number of nitrogens with two attached hydrogens (primary N) is 1. The van der Waals surface area contributed by atoms with E-state index in [1.165, 1.54) is 64.5 Å². The van der Waals surface area contributed by atoms with E-state index in [2.05, 4.69) is 11.8 Å². The van der Waals surface area contributed by atoms with Crippen LogP contribution < -0.4 is 5.73 Å². The largest absolute Gasteiger partial charge is 0.328 e. The zero-order valence-electron chi connectivity index (χ0n) is 10.8. The van der Waals surface area contributed by atoms with Gasteiger partial charge in [0.25, 0.3) is 0 Å². The Bertz CT molecular complexity index is 205. The van der Waals surface area contributed by atoms with E-state index >= 15 is 0 Å². The number of piperidine rings is 1. The van der Waals surface area contributed by atoms with Gasteiger partial charge in [-0.3, -0.25) is 0 Å². The molecule has 3 unspecified atom stereocenters. The lowest BCUT2D eigenvalue weighted by atomic mass is 9.85. The van der Waals surface area contributed by atoms with Crippen molar-refractivity contribution in [1.29, 1.82) is 0 Å². The highest BCUT2D eigenvalue weighted by Gasteiger charge is 2.26. The standard InChI is InChI=1S/C14H28N2/c1-2-14-8-3-4-9-16(14)11-12-6-5-7-13(15)10-12/h12-14H,2-11,15H2,1H3. The minimum Gasteiger partial charge on any atom is -0.328 e. The quantitative estimate of drug-likeness (QED) is 0.798. The van der Waals surface area contributed by atoms with Crippen molar-refractivity contribution in [2.45, 2.75) is 70.4 Å². The molecule has 0 amide bonds. The van der Waals surface area contributed by atoms with Crippen LogP contribution in [0.1, 0.15) is 58.3 Å². The van der Waals surface area contributed by atoms with Gasteiger partial charge in [0.05, 0.1) is 0 Å². The van der Waals surface area contributed by atoms with Gasteiger partial charge in [-0.05, 0) is 51.0 Å². The maximum atomic E-state index is 6.08. The van der Waals surface area contributed by atoms with E-state index in [1.807, 2.05) is 0 Å². The smallest absolute Gasteiger partial charge is 0.00927 e. The van der Waals surface area contributed by atoms with E-state index in [4.69, 9.17) is 5.73 Å². The first kappa shape index (κ1) is 12.4. The molecule has 94 valence electrons. The predicted octanol–water partition coefficient (Wildman–Crippen LogP) is 2.77. The van der Waals surface area contributed by atoms with Crippen LogP contribution in [-0.4, -0.2) is 30.1 Å². The second kappa shape index (κ2) is 6.02. The van der Waals surface area contributed by atoms with Crippen molar-refractivity contribution in [3.63, 3.8) is 0 Å². The highest BCUT2D eigenvalue weighted by atomic mass is 15.2.